The van der Waals surface area contributed by atoms with Crippen LogP contribution in [-0.2, 0) is 0 Å². The maximum Gasteiger partial charge on any atom is 0.0150 e. The molecule has 1 aliphatic carbocycles. The first kappa shape index (κ1) is 9.51. The van der Waals surface area contributed by atoms with Crippen molar-refractivity contribution in [3.05, 3.63) is 0 Å². The first-order valence-corrected chi connectivity index (χ1v) is 5.98. The highest BCUT2D eigenvalue weighted by atomic mass is 15.2. The zero-order valence-electron chi connectivity index (χ0n) is 9.29. The maximum absolute atomic E-state index is 2.72. The van der Waals surface area contributed by atoms with Gasteiger partial charge in [0.1, 0.15) is 0 Å². The van der Waals surface area contributed by atoms with Crippen molar-refractivity contribution in [2.75, 3.05) is 13.1 Å². The Morgan fingerprint density at radius 2 is 2.08 bits per heavy atom. The van der Waals surface area contributed by atoms with Gasteiger partial charge in [-0.25, -0.2) is 0 Å². The Labute approximate surface area is 82.5 Å². The Kier molecular flexibility index (Phi) is 2.64. The quantitative estimate of drug-likeness (QED) is 0.633. The minimum atomic E-state index is 0.855. The van der Waals surface area contributed by atoms with Crippen LogP contribution in [0.3, 0.4) is 0 Å². The molecular formula is C12H23N. The number of rotatable bonds is 2. The Morgan fingerprint density at radius 1 is 1.31 bits per heavy atom. The van der Waals surface area contributed by atoms with Gasteiger partial charge in [0.15, 0.2) is 0 Å². The molecule has 2 rings (SSSR count). The van der Waals surface area contributed by atoms with E-state index in [9.17, 15) is 0 Å². The van der Waals surface area contributed by atoms with E-state index in [0.717, 1.165) is 23.8 Å². The largest absolute Gasteiger partial charge is 0.300 e. The minimum Gasteiger partial charge on any atom is -0.300 e. The van der Waals surface area contributed by atoms with Crippen molar-refractivity contribution < 1.29 is 0 Å². The summed E-state index contributed by atoms with van der Waals surface area (Å²) in [5.74, 6) is 2.94. The smallest absolute Gasteiger partial charge is 0.0150 e. The van der Waals surface area contributed by atoms with E-state index in [4.69, 9.17) is 0 Å². The van der Waals surface area contributed by atoms with Gasteiger partial charge in [0, 0.05) is 12.6 Å². The van der Waals surface area contributed by atoms with E-state index in [0.29, 0.717) is 0 Å². The average Bonchev–Trinajstić information content (AvgIpc) is 2.59. The standard InChI is InChI=1S/C12H23N/c1-4-13-8-10-6-5-7-11(10)12(13)9(2)3/h9-12H,4-8H2,1-3H3. The highest BCUT2D eigenvalue weighted by Crippen LogP contribution is 2.44. The van der Waals surface area contributed by atoms with Gasteiger partial charge in [-0.2, -0.15) is 0 Å². The van der Waals surface area contributed by atoms with E-state index in [1.54, 1.807) is 0 Å². The number of hydrogen-bond donors (Lipinski definition) is 0. The third-order valence-electron chi connectivity index (χ3n) is 4.14. The Bertz CT molecular complexity index is 176. The topological polar surface area (TPSA) is 3.24 Å². The van der Waals surface area contributed by atoms with Gasteiger partial charge in [0.25, 0.3) is 0 Å². The third kappa shape index (κ3) is 1.52. The van der Waals surface area contributed by atoms with Gasteiger partial charge in [-0.1, -0.05) is 27.2 Å². The zero-order valence-corrected chi connectivity index (χ0v) is 9.29. The summed E-state index contributed by atoms with van der Waals surface area (Å²) >= 11 is 0. The van der Waals surface area contributed by atoms with E-state index < -0.39 is 0 Å². The molecule has 0 bridgehead atoms. The monoisotopic (exact) mass is 181 g/mol. The van der Waals surface area contributed by atoms with Gasteiger partial charge >= 0.3 is 0 Å². The van der Waals surface area contributed by atoms with Crippen LogP contribution in [0, 0.1) is 17.8 Å². The fraction of sp³-hybridized carbons (Fsp3) is 1.00. The molecule has 1 heteroatoms. The summed E-state index contributed by atoms with van der Waals surface area (Å²) in [5, 5.41) is 0. The van der Waals surface area contributed by atoms with Crippen molar-refractivity contribution in [3.8, 4) is 0 Å². The van der Waals surface area contributed by atoms with Crippen LogP contribution in [0.2, 0.25) is 0 Å². The van der Waals surface area contributed by atoms with Crippen LogP contribution in [-0.4, -0.2) is 24.0 Å². The van der Waals surface area contributed by atoms with Crippen LogP contribution in [0.5, 0.6) is 0 Å². The molecule has 0 aromatic heterocycles. The summed E-state index contributed by atoms with van der Waals surface area (Å²) < 4.78 is 0. The summed E-state index contributed by atoms with van der Waals surface area (Å²) in [4.78, 5) is 2.72. The lowest BCUT2D eigenvalue weighted by Crippen LogP contribution is -2.36. The summed E-state index contributed by atoms with van der Waals surface area (Å²) in [5.41, 5.74) is 0. The van der Waals surface area contributed by atoms with Crippen LogP contribution in [0.25, 0.3) is 0 Å². The number of hydrogen-bond acceptors (Lipinski definition) is 1. The van der Waals surface area contributed by atoms with Crippen molar-refractivity contribution in [1.29, 1.82) is 0 Å². The van der Waals surface area contributed by atoms with Gasteiger partial charge < -0.3 is 0 Å². The summed E-state index contributed by atoms with van der Waals surface area (Å²) in [6, 6.07) is 0.900. The van der Waals surface area contributed by atoms with E-state index in [1.807, 2.05) is 0 Å². The molecule has 76 valence electrons. The normalized spacial score (nSPS) is 40.2. The first-order chi connectivity index (χ1) is 6.24. The molecule has 0 N–H and O–H groups in total. The van der Waals surface area contributed by atoms with Crippen LogP contribution in [0.4, 0.5) is 0 Å². The molecular weight excluding hydrogens is 158 g/mol. The van der Waals surface area contributed by atoms with Crippen LogP contribution < -0.4 is 0 Å². The molecule has 3 atom stereocenters. The molecule has 0 spiro atoms. The molecule has 0 aromatic carbocycles. The Morgan fingerprint density at radius 3 is 2.69 bits per heavy atom. The predicted octanol–water partition coefficient (Wildman–Crippen LogP) is 2.76. The molecule has 0 aromatic rings. The van der Waals surface area contributed by atoms with Crippen molar-refractivity contribution in [1.82, 2.24) is 4.90 Å². The van der Waals surface area contributed by atoms with Crippen molar-refractivity contribution in [2.24, 2.45) is 17.8 Å². The summed E-state index contributed by atoms with van der Waals surface area (Å²) in [7, 11) is 0. The molecule has 3 unspecified atom stereocenters. The molecule has 2 fully saturated rings. The van der Waals surface area contributed by atoms with E-state index >= 15 is 0 Å². The lowest BCUT2D eigenvalue weighted by atomic mass is 9.87. The lowest BCUT2D eigenvalue weighted by Gasteiger charge is -2.30. The Balaban J connectivity index is 2.10. The highest BCUT2D eigenvalue weighted by molar-refractivity contribution is 4.96. The van der Waals surface area contributed by atoms with Crippen molar-refractivity contribution >= 4 is 0 Å². The van der Waals surface area contributed by atoms with Gasteiger partial charge in [-0.05, 0) is 37.1 Å². The molecule has 1 nitrogen and oxygen atoms in total. The van der Waals surface area contributed by atoms with Crippen molar-refractivity contribution in [3.63, 3.8) is 0 Å². The molecule has 0 radical (unpaired) electrons. The summed E-state index contributed by atoms with van der Waals surface area (Å²) in [6.45, 7) is 9.76. The van der Waals surface area contributed by atoms with Gasteiger partial charge in [0.05, 0.1) is 0 Å². The molecule has 1 saturated carbocycles. The van der Waals surface area contributed by atoms with Crippen LogP contribution in [0.15, 0.2) is 0 Å². The molecule has 1 heterocycles. The fourth-order valence-electron chi connectivity index (χ4n) is 3.69. The highest BCUT2D eigenvalue weighted by Gasteiger charge is 2.44. The average molecular weight is 181 g/mol. The van der Waals surface area contributed by atoms with Gasteiger partial charge in [-0.15, -0.1) is 0 Å². The van der Waals surface area contributed by atoms with E-state index in [1.165, 1.54) is 32.4 Å². The fourth-order valence-corrected chi connectivity index (χ4v) is 3.69. The van der Waals surface area contributed by atoms with Gasteiger partial charge in [-0.3, -0.25) is 4.90 Å². The van der Waals surface area contributed by atoms with Crippen molar-refractivity contribution in [2.45, 2.75) is 46.1 Å². The van der Waals surface area contributed by atoms with E-state index in [-0.39, 0.29) is 0 Å². The third-order valence-corrected chi connectivity index (χ3v) is 4.14. The molecule has 0 amide bonds. The van der Waals surface area contributed by atoms with Crippen LogP contribution in [0.1, 0.15) is 40.0 Å². The predicted molar refractivity (Wildman–Crippen MR) is 56.7 cm³/mol. The molecule has 13 heavy (non-hydrogen) atoms. The second-order valence-electron chi connectivity index (χ2n) is 5.18. The number of nitrogens with zero attached hydrogens (tertiary/aromatic N) is 1. The number of fused-ring (bicyclic) bond motifs is 1. The molecule has 1 saturated heterocycles. The van der Waals surface area contributed by atoms with E-state index in [2.05, 4.69) is 25.7 Å². The summed E-state index contributed by atoms with van der Waals surface area (Å²) in [6.07, 6.45) is 4.50. The molecule has 1 aliphatic heterocycles. The lowest BCUT2D eigenvalue weighted by molar-refractivity contribution is 0.180. The number of likely N-dealkylation sites (tertiary alicyclic amines) is 1. The Hall–Kier alpha value is -0.0400. The second kappa shape index (κ2) is 3.61. The van der Waals surface area contributed by atoms with Crippen LogP contribution >= 0.6 is 0 Å². The van der Waals surface area contributed by atoms with Gasteiger partial charge in [0.2, 0.25) is 0 Å². The SMILES string of the molecule is CCN1CC2CCCC2C1C(C)C. The zero-order chi connectivity index (χ0) is 9.42. The molecule has 2 aliphatic rings. The second-order valence-corrected chi connectivity index (χ2v) is 5.18. The first-order valence-electron chi connectivity index (χ1n) is 5.98. The minimum absolute atomic E-state index is 0.855. The maximum atomic E-state index is 2.72.